The standard InChI is InChI=1S/C28H19Cl2F3N4O4/c1-14(38)37-6-4-15(5-7-37)26(40)35-13-16-8-18(29)10-21(25(16)39)24-11-19(22(12-34)27(41)36-24)20-9-17(28(31,32)33)2-3-23(20)30/h2-6,8-11,39H,7,13H2,1H3,(H,35,40)(H,36,41). The van der Waals surface area contributed by atoms with Gasteiger partial charge in [-0.3, -0.25) is 14.4 Å². The molecular weight excluding hydrogens is 584 g/mol. The molecule has 0 radical (unpaired) electrons. The van der Waals surface area contributed by atoms with E-state index < -0.39 is 28.8 Å². The summed E-state index contributed by atoms with van der Waals surface area (Å²) in [5.41, 5.74) is -2.47. The summed E-state index contributed by atoms with van der Waals surface area (Å²) in [5, 5.41) is 23.2. The quantitative estimate of drug-likeness (QED) is 0.354. The third-order valence-corrected chi connectivity index (χ3v) is 6.77. The fourth-order valence-corrected chi connectivity index (χ4v) is 4.57. The van der Waals surface area contributed by atoms with Gasteiger partial charge in [0.25, 0.3) is 11.5 Å². The van der Waals surface area contributed by atoms with Gasteiger partial charge < -0.3 is 20.3 Å². The van der Waals surface area contributed by atoms with Crippen molar-refractivity contribution < 1.29 is 27.9 Å². The fourth-order valence-electron chi connectivity index (χ4n) is 4.11. The number of hydrogen-bond donors (Lipinski definition) is 3. The van der Waals surface area contributed by atoms with Gasteiger partial charge in [0.05, 0.1) is 11.3 Å². The number of carbonyl (C=O) groups is 2. The van der Waals surface area contributed by atoms with E-state index in [4.69, 9.17) is 23.2 Å². The molecule has 8 nitrogen and oxygen atoms in total. The second-order valence-electron chi connectivity index (χ2n) is 8.90. The van der Waals surface area contributed by atoms with E-state index >= 15 is 0 Å². The van der Waals surface area contributed by atoms with Crippen LogP contribution in [-0.2, 0) is 22.3 Å². The molecule has 3 aromatic rings. The van der Waals surface area contributed by atoms with E-state index in [1.54, 1.807) is 12.1 Å². The molecule has 1 aliphatic heterocycles. The number of aromatic amines is 1. The molecule has 3 N–H and O–H groups in total. The van der Waals surface area contributed by atoms with Crippen molar-refractivity contribution in [2.75, 3.05) is 6.54 Å². The van der Waals surface area contributed by atoms with Gasteiger partial charge in [-0.2, -0.15) is 18.4 Å². The number of amides is 2. The lowest BCUT2D eigenvalue weighted by Crippen LogP contribution is -2.29. The Balaban J connectivity index is 1.71. The van der Waals surface area contributed by atoms with Gasteiger partial charge in [-0.25, -0.2) is 0 Å². The normalized spacial score (nSPS) is 13.0. The lowest BCUT2D eigenvalue weighted by atomic mass is 9.96. The number of rotatable bonds is 5. The van der Waals surface area contributed by atoms with E-state index in [0.29, 0.717) is 5.57 Å². The molecular formula is C28H19Cl2F3N4O4. The van der Waals surface area contributed by atoms with Crippen LogP contribution in [0.25, 0.3) is 22.4 Å². The van der Waals surface area contributed by atoms with Crippen LogP contribution in [0.5, 0.6) is 5.75 Å². The van der Waals surface area contributed by atoms with Gasteiger partial charge in [-0.15, -0.1) is 0 Å². The van der Waals surface area contributed by atoms with Gasteiger partial charge in [0.15, 0.2) is 0 Å². The Morgan fingerprint density at radius 3 is 2.49 bits per heavy atom. The number of nitriles is 1. The largest absolute Gasteiger partial charge is 0.507 e. The molecule has 210 valence electrons. The molecule has 2 aromatic carbocycles. The van der Waals surface area contributed by atoms with Crippen LogP contribution in [0.15, 0.2) is 65.1 Å². The van der Waals surface area contributed by atoms with Gasteiger partial charge in [0.2, 0.25) is 5.91 Å². The third-order valence-electron chi connectivity index (χ3n) is 6.22. The van der Waals surface area contributed by atoms with Crippen LogP contribution in [0.4, 0.5) is 13.2 Å². The number of halogens is 5. The molecule has 1 aliphatic rings. The Kier molecular flexibility index (Phi) is 8.28. The van der Waals surface area contributed by atoms with E-state index in [-0.39, 0.29) is 62.7 Å². The van der Waals surface area contributed by atoms with Crippen molar-refractivity contribution in [1.82, 2.24) is 15.2 Å². The van der Waals surface area contributed by atoms with Crippen LogP contribution in [0, 0.1) is 11.3 Å². The number of H-pyrrole nitrogens is 1. The number of hydrogen-bond acceptors (Lipinski definition) is 5. The van der Waals surface area contributed by atoms with Gasteiger partial charge in [0.1, 0.15) is 17.4 Å². The van der Waals surface area contributed by atoms with E-state index in [1.807, 2.05) is 0 Å². The summed E-state index contributed by atoms with van der Waals surface area (Å²) in [6.45, 7) is 1.42. The summed E-state index contributed by atoms with van der Waals surface area (Å²) >= 11 is 12.4. The van der Waals surface area contributed by atoms with Crippen molar-refractivity contribution in [3.05, 3.63) is 97.4 Å². The fraction of sp³-hybridized carbons (Fsp3) is 0.143. The number of alkyl halides is 3. The number of nitrogens with zero attached hydrogens (tertiary/aromatic N) is 2. The minimum absolute atomic E-state index is 0.0124. The van der Waals surface area contributed by atoms with Gasteiger partial charge in [-0.1, -0.05) is 29.3 Å². The van der Waals surface area contributed by atoms with E-state index in [0.717, 1.165) is 18.2 Å². The number of carbonyl (C=O) groups excluding carboxylic acids is 2. The topological polar surface area (TPSA) is 126 Å². The summed E-state index contributed by atoms with van der Waals surface area (Å²) in [6, 6.07) is 8.10. The molecule has 2 heterocycles. The average molecular weight is 603 g/mol. The summed E-state index contributed by atoms with van der Waals surface area (Å²) in [6.07, 6.45) is -0.216. The highest BCUT2D eigenvalue weighted by Gasteiger charge is 2.31. The second-order valence-corrected chi connectivity index (χ2v) is 9.74. The predicted molar refractivity (Wildman–Crippen MR) is 146 cm³/mol. The molecule has 13 heteroatoms. The smallest absolute Gasteiger partial charge is 0.416 e. The highest BCUT2D eigenvalue weighted by molar-refractivity contribution is 6.33. The van der Waals surface area contributed by atoms with Crippen LogP contribution in [0.3, 0.4) is 0 Å². The lowest BCUT2D eigenvalue weighted by Gasteiger charge is -2.19. The molecule has 0 fully saturated rings. The molecule has 2 amide bonds. The third kappa shape index (κ3) is 6.29. The zero-order valence-electron chi connectivity index (χ0n) is 21.1. The number of nitrogens with one attached hydrogen (secondary N) is 2. The lowest BCUT2D eigenvalue weighted by molar-refractivity contribution is -0.137. The summed E-state index contributed by atoms with van der Waals surface area (Å²) in [4.78, 5) is 40.7. The maximum Gasteiger partial charge on any atom is 0.416 e. The molecule has 0 atom stereocenters. The molecule has 0 aliphatic carbocycles. The molecule has 1 aromatic heterocycles. The van der Waals surface area contributed by atoms with Crippen LogP contribution >= 0.6 is 23.2 Å². The van der Waals surface area contributed by atoms with Gasteiger partial charge in [-0.05, 0) is 42.5 Å². The van der Waals surface area contributed by atoms with Crippen molar-refractivity contribution in [2.24, 2.45) is 0 Å². The first kappa shape index (κ1) is 29.5. The number of phenols is 1. The highest BCUT2D eigenvalue weighted by atomic mass is 35.5. The molecule has 0 spiro atoms. The SMILES string of the molecule is CC(=O)N1C=CC(C(=O)NCc2cc(Cl)cc(-c3cc(-c4cc(C(F)(F)F)ccc4Cl)c(C#N)c(=O)[nH]3)c2O)=CC1. The first-order valence-electron chi connectivity index (χ1n) is 11.8. The van der Waals surface area contributed by atoms with Gasteiger partial charge >= 0.3 is 6.18 Å². The Bertz CT molecular complexity index is 1740. The molecule has 0 bridgehead atoms. The monoisotopic (exact) mass is 602 g/mol. The minimum Gasteiger partial charge on any atom is -0.507 e. The molecule has 0 saturated carbocycles. The maximum atomic E-state index is 13.4. The van der Waals surface area contributed by atoms with Crippen molar-refractivity contribution in [1.29, 1.82) is 5.26 Å². The Labute approximate surface area is 240 Å². The van der Waals surface area contributed by atoms with E-state index in [2.05, 4.69) is 10.3 Å². The Hall–Kier alpha value is -4.53. The van der Waals surface area contributed by atoms with Crippen molar-refractivity contribution in [3.8, 4) is 34.2 Å². The van der Waals surface area contributed by atoms with Crippen molar-refractivity contribution in [2.45, 2.75) is 19.6 Å². The molecule has 41 heavy (non-hydrogen) atoms. The maximum absolute atomic E-state index is 13.4. The van der Waals surface area contributed by atoms with Crippen LogP contribution in [-0.4, -0.2) is 33.3 Å². The zero-order valence-corrected chi connectivity index (χ0v) is 22.6. The Morgan fingerprint density at radius 2 is 1.88 bits per heavy atom. The molecule has 4 rings (SSSR count). The minimum atomic E-state index is -4.71. The number of phenolic OH excluding ortho intramolecular Hbond substituents is 1. The summed E-state index contributed by atoms with van der Waals surface area (Å²) < 4.78 is 40.2. The summed E-state index contributed by atoms with van der Waals surface area (Å²) in [5.74, 6) is -1.06. The molecule has 0 unspecified atom stereocenters. The van der Waals surface area contributed by atoms with Crippen molar-refractivity contribution >= 4 is 35.0 Å². The van der Waals surface area contributed by atoms with Crippen LogP contribution in [0.1, 0.15) is 23.6 Å². The second kappa shape index (κ2) is 11.5. The Morgan fingerprint density at radius 1 is 1.15 bits per heavy atom. The first-order chi connectivity index (χ1) is 19.3. The highest BCUT2D eigenvalue weighted by Crippen LogP contribution is 2.39. The predicted octanol–water partition coefficient (Wildman–Crippen LogP) is 5.53. The zero-order chi connectivity index (χ0) is 30.1. The molecule has 0 saturated heterocycles. The van der Waals surface area contributed by atoms with E-state index in [9.17, 15) is 37.9 Å². The van der Waals surface area contributed by atoms with E-state index in [1.165, 1.54) is 42.3 Å². The first-order valence-corrected chi connectivity index (χ1v) is 12.6. The summed E-state index contributed by atoms with van der Waals surface area (Å²) in [7, 11) is 0. The number of aromatic nitrogens is 1. The number of benzene rings is 2. The van der Waals surface area contributed by atoms with Crippen LogP contribution < -0.4 is 10.9 Å². The number of aromatic hydroxyl groups is 1. The van der Waals surface area contributed by atoms with Crippen LogP contribution in [0.2, 0.25) is 10.0 Å². The number of pyridine rings is 1. The van der Waals surface area contributed by atoms with Gasteiger partial charge in [0, 0.05) is 64.1 Å². The average Bonchev–Trinajstić information content (AvgIpc) is 2.92. The van der Waals surface area contributed by atoms with Crippen molar-refractivity contribution in [3.63, 3.8) is 0 Å².